The molecule has 2 aromatic rings. The first-order valence-electron chi connectivity index (χ1n) is 6.90. The van der Waals surface area contributed by atoms with Gasteiger partial charge in [-0.2, -0.15) is 0 Å². The van der Waals surface area contributed by atoms with Gasteiger partial charge < -0.3 is 14.8 Å². The molecule has 0 unspecified atom stereocenters. The van der Waals surface area contributed by atoms with E-state index >= 15 is 0 Å². The Bertz CT molecular complexity index is 658. The third kappa shape index (κ3) is 3.73. The van der Waals surface area contributed by atoms with Crippen molar-refractivity contribution in [3.05, 3.63) is 63.7 Å². The summed E-state index contributed by atoms with van der Waals surface area (Å²) in [4.78, 5) is 10.6. The molecule has 0 atom stereocenters. The number of benzene rings is 2. The molecule has 0 aliphatic heterocycles. The van der Waals surface area contributed by atoms with Crippen molar-refractivity contribution in [1.29, 1.82) is 0 Å². The Morgan fingerprint density at radius 2 is 1.77 bits per heavy atom. The fraction of sp³-hybridized carbons (Fsp3) is 0.250. The van der Waals surface area contributed by atoms with Crippen LogP contribution < -0.4 is 14.8 Å². The highest BCUT2D eigenvalue weighted by molar-refractivity contribution is 5.42. The van der Waals surface area contributed by atoms with Crippen molar-refractivity contribution >= 4 is 5.69 Å². The number of quaternary nitrogens is 1. The molecule has 116 valence electrons. The number of hydrogen-bond acceptors (Lipinski definition) is 4. The quantitative estimate of drug-likeness (QED) is 0.625. The number of para-hydroxylation sites is 1. The van der Waals surface area contributed by atoms with E-state index in [0.29, 0.717) is 30.2 Å². The maximum atomic E-state index is 11.0. The minimum atomic E-state index is -0.348. The Labute approximate surface area is 128 Å². The van der Waals surface area contributed by atoms with Crippen LogP contribution in [0.5, 0.6) is 11.5 Å². The number of rotatable bonds is 7. The molecule has 0 fully saturated rings. The summed E-state index contributed by atoms with van der Waals surface area (Å²) in [6.07, 6.45) is 0. The van der Waals surface area contributed by atoms with Crippen molar-refractivity contribution < 1.29 is 19.7 Å². The molecular weight excluding hydrogens is 284 g/mol. The Hall–Kier alpha value is -2.60. The van der Waals surface area contributed by atoms with E-state index in [-0.39, 0.29) is 10.6 Å². The average Bonchev–Trinajstić information content (AvgIpc) is 2.55. The molecule has 0 amide bonds. The normalized spacial score (nSPS) is 10.3. The largest absolute Gasteiger partial charge is 0.493 e. The summed E-state index contributed by atoms with van der Waals surface area (Å²) in [5, 5.41) is 13.0. The highest BCUT2D eigenvalue weighted by Crippen LogP contribution is 2.27. The smallest absolute Gasteiger partial charge is 0.278 e. The summed E-state index contributed by atoms with van der Waals surface area (Å²) >= 11 is 0. The number of ether oxygens (including phenoxy) is 2. The van der Waals surface area contributed by atoms with E-state index in [2.05, 4.69) is 0 Å². The van der Waals surface area contributed by atoms with Gasteiger partial charge in [0.15, 0.2) is 11.5 Å². The van der Waals surface area contributed by atoms with E-state index in [9.17, 15) is 10.1 Å². The first-order chi connectivity index (χ1) is 10.7. The maximum absolute atomic E-state index is 11.0. The van der Waals surface area contributed by atoms with Crippen LogP contribution in [0.25, 0.3) is 0 Å². The second kappa shape index (κ2) is 7.42. The molecule has 0 heterocycles. The lowest BCUT2D eigenvalue weighted by Crippen LogP contribution is -2.80. The first kappa shape index (κ1) is 15.8. The van der Waals surface area contributed by atoms with E-state index < -0.39 is 0 Å². The number of nitrogens with zero attached hydrogens (tertiary/aromatic N) is 1. The van der Waals surface area contributed by atoms with Gasteiger partial charge in [0.25, 0.3) is 5.69 Å². The van der Waals surface area contributed by atoms with Gasteiger partial charge in [-0.15, -0.1) is 0 Å². The van der Waals surface area contributed by atoms with Crippen LogP contribution in [0.4, 0.5) is 5.69 Å². The molecule has 6 heteroatoms. The lowest BCUT2D eigenvalue weighted by atomic mass is 10.1. The van der Waals surface area contributed by atoms with Crippen LogP contribution in [0.3, 0.4) is 0 Å². The molecule has 0 aliphatic carbocycles. The Balaban J connectivity index is 2.01. The molecule has 0 saturated heterocycles. The van der Waals surface area contributed by atoms with Crippen LogP contribution in [0.15, 0.2) is 42.5 Å². The number of hydrogen-bond donors (Lipinski definition) is 1. The van der Waals surface area contributed by atoms with E-state index in [1.807, 2.05) is 29.6 Å². The monoisotopic (exact) mass is 303 g/mol. The van der Waals surface area contributed by atoms with Gasteiger partial charge in [-0.3, -0.25) is 10.1 Å². The van der Waals surface area contributed by atoms with Crippen molar-refractivity contribution in [3.63, 3.8) is 0 Å². The number of nitro groups is 1. The van der Waals surface area contributed by atoms with Crippen LogP contribution in [0, 0.1) is 10.1 Å². The first-order valence-corrected chi connectivity index (χ1v) is 6.90. The summed E-state index contributed by atoms with van der Waals surface area (Å²) in [5.74, 6) is 1.36. The van der Waals surface area contributed by atoms with Crippen LogP contribution in [-0.4, -0.2) is 19.1 Å². The van der Waals surface area contributed by atoms with Crippen molar-refractivity contribution in [3.8, 4) is 11.5 Å². The minimum Gasteiger partial charge on any atom is -0.493 e. The van der Waals surface area contributed by atoms with Gasteiger partial charge in [0.1, 0.15) is 13.1 Å². The fourth-order valence-corrected chi connectivity index (χ4v) is 2.26. The lowest BCUT2D eigenvalue weighted by Gasteiger charge is -2.09. The Morgan fingerprint density at radius 3 is 2.45 bits per heavy atom. The zero-order valence-electron chi connectivity index (χ0n) is 12.6. The number of nitrogens with two attached hydrogens (primary N) is 1. The SMILES string of the molecule is COc1ccc(C[NH2+]Cc2ccccc2[N+](=O)[O-])cc1OC. The van der Waals surface area contributed by atoms with Crippen molar-refractivity contribution in [2.45, 2.75) is 13.1 Å². The predicted octanol–water partition coefficient (Wildman–Crippen LogP) is 1.88. The highest BCUT2D eigenvalue weighted by Gasteiger charge is 2.13. The van der Waals surface area contributed by atoms with Crippen molar-refractivity contribution in [2.75, 3.05) is 14.2 Å². The highest BCUT2D eigenvalue weighted by atomic mass is 16.6. The molecule has 0 aliphatic rings. The topological polar surface area (TPSA) is 78.2 Å². The number of methoxy groups -OCH3 is 2. The van der Waals surface area contributed by atoms with Gasteiger partial charge in [-0.25, -0.2) is 0 Å². The predicted molar refractivity (Wildman–Crippen MR) is 82.0 cm³/mol. The van der Waals surface area contributed by atoms with Crippen LogP contribution in [0.2, 0.25) is 0 Å². The molecule has 2 N–H and O–H groups in total. The standard InChI is InChI=1S/C16H18N2O4/c1-21-15-8-7-12(9-16(15)22-2)10-17-11-13-5-3-4-6-14(13)18(19)20/h3-9,17H,10-11H2,1-2H3/p+1. The summed E-state index contributed by atoms with van der Waals surface area (Å²) in [5.41, 5.74) is 1.94. The molecule has 0 spiro atoms. The molecule has 0 bridgehead atoms. The van der Waals surface area contributed by atoms with Gasteiger partial charge >= 0.3 is 0 Å². The molecule has 0 radical (unpaired) electrons. The van der Waals surface area contributed by atoms with E-state index in [0.717, 1.165) is 5.56 Å². The van der Waals surface area contributed by atoms with Crippen LogP contribution in [-0.2, 0) is 13.1 Å². The second-order valence-electron chi connectivity index (χ2n) is 4.77. The molecule has 6 nitrogen and oxygen atoms in total. The van der Waals surface area contributed by atoms with E-state index in [1.165, 1.54) is 6.07 Å². The second-order valence-corrected chi connectivity index (χ2v) is 4.77. The zero-order chi connectivity index (χ0) is 15.9. The molecular formula is C16H19N2O4+. The van der Waals surface area contributed by atoms with Gasteiger partial charge in [0, 0.05) is 11.6 Å². The lowest BCUT2D eigenvalue weighted by molar-refractivity contribution is -0.686. The van der Waals surface area contributed by atoms with Gasteiger partial charge in [-0.1, -0.05) is 12.1 Å². The maximum Gasteiger partial charge on any atom is 0.278 e. The van der Waals surface area contributed by atoms with Gasteiger partial charge in [-0.05, 0) is 24.3 Å². The Kier molecular flexibility index (Phi) is 5.32. The molecule has 0 saturated carbocycles. The zero-order valence-corrected chi connectivity index (χ0v) is 12.6. The van der Waals surface area contributed by atoms with Gasteiger partial charge in [0.2, 0.25) is 0 Å². The molecule has 22 heavy (non-hydrogen) atoms. The molecule has 2 aromatic carbocycles. The van der Waals surface area contributed by atoms with E-state index in [1.54, 1.807) is 26.4 Å². The fourth-order valence-electron chi connectivity index (χ4n) is 2.26. The number of nitro benzene ring substituents is 1. The summed E-state index contributed by atoms with van der Waals surface area (Å²) in [6.45, 7) is 1.25. The van der Waals surface area contributed by atoms with Crippen LogP contribution >= 0.6 is 0 Å². The Morgan fingerprint density at radius 1 is 1.05 bits per heavy atom. The summed E-state index contributed by atoms with van der Waals surface area (Å²) in [6, 6.07) is 12.5. The van der Waals surface area contributed by atoms with E-state index in [4.69, 9.17) is 9.47 Å². The van der Waals surface area contributed by atoms with Crippen molar-refractivity contribution in [2.24, 2.45) is 0 Å². The average molecular weight is 303 g/mol. The summed E-state index contributed by atoms with van der Waals surface area (Å²) in [7, 11) is 3.19. The van der Waals surface area contributed by atoms with Crippen molar-refractivity contribution in [1.82, 2.24) is 0 Å². The minimum absolute atomic E-state index is 0.158. The third-order valence-corrected chi connectivity index (χ3v) is 3.38. The molecule has 2 rings (SSSR count). The summed E-state index contributed by atoms with van der Waals surface area (Å²) < 4.78 is 10.5. The van der Waals surface area contributed by atoms with Gasteiger partial charge in [0.05, 0.1) is 24.7 Å². The third-order valence-electron chi connectivity index (χ3n) is 3.38. The van der Waals surface area contributed by atoms with Crippen LogP contribution in [0.1, 0.15) is 11.1 Å². The molecule has 0 aromatic heterocycles.